The largest absolute Gasteiger partial charge is 1.00 e. The van der Waals surface area contributed by atoms with Gasteiger partial charge in [-0.2, -0.15) is 0 Å². The fourth-order valence-electron chi connectivity index (χ4n) is 7.66. The number of phosphoric ester groups is 1. The zero-order chi connectivity index (χ0) is 23.9. The van der Waals surface area contributed by atoms with Crippen molar-refractivity contribution in [3.63, 3.8) is 0 Å². The molecule has 3 fully saturated rings. The van der Waals surface area contributed by atoms with E-state index in [1.165, 1.54) is 18.2 Å². The number of carbonyl (C=O) groups excluding carboxylic acids is 2. The van der Waals surface area contributed by atoms with Crippen LogP contribution in [0, 0.1) is 28.6 Å². The Morgan fingerprint density at radius 3 is 2.55 bits per heavy atom. The fraction of sp³-hybridized carbons (Fsp3) is 0.727. The second kappa shape index (κ2) is 8.43. The normalized spacial score (nSPS) is 46.5. The first-order valence-electron chi connectivity index (χ1n) is 10.9. The van der Waals surface area contributed by atoms with E-state index in [4.69, 9.17) is 4.52 Å². The Hall–Kier alpha value is -0.220. The molecule has 4 aliphatic rings. The number of aliphatic hydroxyl groups is 2. The third-order valence-electron chi connectivity index (χ3n) is 8.99. The number of ketones is 2. The van der Waals surface area contributed by atoms with Gasteiger partial charge in [0.2, 0.25) is 0 Å². The van der Waals surface area contributed by atoms with Crippen LogP contribution >= 0.6 is 7.82 Å². The third kappa shape index (κ3) is 3.50. The van der Waals surface area contributed by atoms with Gasteiger partial charge in [0.15, 0.2) is 17.2 Å². The van der Waals surface area contributed by atoms with Gasteiger partial charge in [0.05, 0.1) is 13.9 Å². The summed E-state index contributed by atoms with van der Waals surface area (Å²) in [6.45, 7) is 3.68. The van der Waals surface area contributed by atoms with Gasteiger partial charge in [0, 0.05) is 16.7 Å². The number of rotatable bonds is 4. The van der Waals surface area contributed by atoms with Crippen LogP contribution in [-0.4, -0.2) is 45.8 Å². The molecule has 0 unspecified atom stereocenters. The number of phosphoric acid groups is 1. The van der Waals surface area contributed by atoms with Gasteiger partial charge < -0.3 is 29.1 Å². The summed E-state index contributed by atoms with van der Waals surface area (Å²) in [7, 11) is -5.67. The van der Waals surface area contributed by atoms with Crippen LogP contribution in [0.3, 0.4) is 0 Å². The summed E-state index contributed by atoms with van der Waals surface area (Å²) < 4.78 is 33.7. The van der Waals surface area contributed by atoms with Gasteiger partial charge in [-0.1, -0.05) is 25.5 Å². The first kappa shape index (κ1) is 27.4. The molecule has 178 valence electrons. The van der Waals surface area contributed by atoms with Crippen LogP contribution in [0.25, 0.3) is 0 Å². The predicted octanol–water partition coefficient (Wildman–Crippen LogP) is -2.25. The minimum absolute atomic E-state index is 0. The maximum atomic E-state index is 17.1. The molecule has 0 bridgehead atoms. The molecule has 4 aliphatic carbocycles. The average Bonchev–Trinajstić information content (AvgIpc) is 2.90. The molecule has 0 amide bonds. The average molecular weight is 493 g/mol. The standard InChI is InChI=1S/C22H30FO8P.Na/c1-12-8-16-15-5-4-13-9-14(25)6-7-19(13,2)21(15,23)17(26)10-20(16,3)22(12,18(27)11-24)31-32(28,29)30;/h6-7,9,12,15-17,24,26H,4-5,8,10-11H2,1-3H3,(H2,28,29,30);/q;+1/p-2/t12-,15-,16-,17-,19-,20-,21-,22-;/m0./s1. The van der Waals surface area contributed by atoms with Crippen LogP contribution in [0.15, 0.2) is 23.8 Å². The van der Waals surface area contributed by atoms with Crippen molar-refractivity contribution >= 4 is 19.4 Å². The predicted molar refractivity (Wildman–Crippen MR) is 106 cm³/mol. The van der Waals surface area contributed by atoms with Gasteiger partial charge in [0.25, 0.3) is 0 Å². The van der Waals surface area contributed by atoms with Crippen molar-refractivity contribution in [2.75, 3.05) is 6.61 Å². The summed E-state index contributed by atoms with van der Waals surface area (Å²) in [6, 6.07) is 0. The van der Waals surface area contributed by atoms with Crippen LogP contribution < -0.4 is 39.3 Å². The second-order valence-electron chi connectivity index (χ2n) is 10.3. The van der Waals surface area contributed by atoms with Crippen LogP contribution in [-0.2, 0) is 18.7 Å². The van der Waals surface area contributed by atoms with Gasteiger partial charge in [-0.05, 0) is 56.6 Å². The fourth-order valence-corrected chi connectivity index (χ4v) is 8.51. The Balaban J connectivity index is 0.00000306. The Morgan fingerprint density at radius 2 is 1.97 bits per heavy atom. The summed E-state index contributed by atoms with van der Waals surface area (Å²) in [6.07, 6.45) is 3.08. The number of alkyl halides is 1. The van der Waals surface area contributed by atoms with Crippen molar-refractivity contribution in [2.24, 2.45) is 28.6 Å². The minimum atomic E-state index is -5.67. The van der Waals surface area contributed by atoms with E-state index in [1.54, 1.807) is 20.8 Å². The zero-order valence-corrected chi connectivity index (χ0v) is 22.1. The monoisotopic (exact) mass is 493 g/mol. The molecule has 0 aromatic rings. The molecule has 0 saturated heterocycles. The van der Waals surface area contributed by atoms with Crippen molar-refractivity contribution in [1.29, 1.82) is 0 Å². The second-order valence-corrected chi connectivity index (χ2v) is 11.3. The third-order valence-corrected chi connectivity index (χ3v) is 9.51. The molecule has 0 heterocycles. The van der Waals surface area contributed by atoms with E-state index in [0.717, 1.165) is 0 Å². The molecule has 33 heavy (non-hydrogen) atoms. The molecule has 0 aromatic heterocycles. The van der Waals surface area contributed by atoms with E-state index in [0.29, 0.717) is 12.0 Å². The smallest absolute Gasteiger partial charge is 0.790 e. The molecule has 0 spiro atoms. The molecule has 8 atom stereocenters. The number of fused-ring (bicyclic) bond motifs is 5. The van der Waals surface area contributed by atoms with E-state index in [-0.39, 0.29) is 54.6 Å². The topological polar surface area (TPSA) is 147 Å². The Bertz CT molecular complexity index is 979. The number of halogens is 1. The van der Waals surface area contributed by atoms with Crippen LogP contribution in [0.2, 0.25) is 0 Å². The van der Waals surface area contributed by atoms with Gasteiger partial charge in [0.1, 0.15) is 12.2 Å². The molecular formula is C22H28FNaO8P-. The zero-order valence-electron chi connectivity index (χ0n) is 19.2. The van der Waals surface area contributed by atoms with Gasteiger partial charge >= 0.3 is 29.6 Å². The Kier molecular flexibility index (Phi) is 6.99. The molecule has 4 rings (SSSR count). The molecule has 0 radical (unpaired) electrons. The molecule has 8 nitrogen and oxygen atoms in total. The molecule has 3 saturated carbocycles. The molecular weight excluding hydrogens is 465 g/mol. The van der Waals surface area contributed by atoms with Crippen molar-refractivity contribution in [1.82, 2.24) is 0 Å². The minimum Gasteiger partial charge on any atom is -0.790 e. The maximum absolute atomic E-state index is 17.1. The summed E-state index contributed by atoms with van der Waals surface area (Å²) in [5, 5.41) is 20.9. The molecule has 2 N–H and O–H groups in total. The summed E-state index contributed by atoms with van der Waals surface area (Å²) in [4.78, 5) is 48.3. The van der Waals surface area contributed by atoms with E-state index < -0.39 is 66.2 Å². The summed E-state index contributed by atoms with van der Waals surface area (Å²) in [5.74, 6) is -3.40. The first-order chi connectivity index (χ1) is 14.7. The van der Waals surface area contributed by atoms with E-state index >= 15 is 4.39 Å². The molecule has 0 aliphatic heterocycles. The van der Waals surface area contributed by atoms with Gasteiger partial charge in [-0.15, -0.1) is 0 Å². The number of hydrogen-bond acceptors (Lipinski definition) is 8. The molecule has 11 heteroatoms. The van der Waals surface area contributed by atoms with E-state index in [1.807, 2.05) is 0 Å². The number of Topliss-reactive ketones (excluding diaryl/α,β-unsaturated/α-hetero) is 1. The van der Waals surface area contributed by atoms with Gasteiger partial charge in [-0.25, -0.2) is 4.39 Å². The van der Waals surface area contributed by atoms with Crippen molar-refractivity contribution in [3.05, 3.63) is 23.8 Å². The van der Waals surface area contributed by atoms with Crippen molar-refractivity contribution < 1.29 is 72.6 Å². The van der Waals surface area contributed by atoms with E-state index in [9.17, 15) is 34.2 Å². The van der Waals surface area contributed by atoms with Gasteiger partial charge in [-0.3, -0.25) is 9.59 Å². The van der Waals surface area contributed by atoms with E-state index in [2.05, 4.69) is 0 Å². The number of hydrogen-bond donors (Lipinski definition) is 2. The Morgan fingerprint density at radius 1 is 1.33 bits per heavy atom. The Labute approximate surface area is 214 Å². The number of carbonyl (C=O) groups is 2. The SMILES string of the molecule is C[C@H]1C[C@H]2[C@@H]3CCC4=CC(=O)C=C[C@]4(C)[C@@]3(F)[C@@H](O)C[C@]2(C)[C@@]1(OP(=O)([O-])[O-])C(=O)CO.[Na+]. The number of allylic oxidation sites excluding steroid dienone is 4. The summed E-state index contributed by atoms with van der Waals surface area (Å²) >= 11 is 0. The molecule has 0 aromatic carbocycles. The quantitative estimate of drug-likeness (QED) is 0.330. The van der Waals surface area contributed by atoms with Crippen LogP contribution in [0.4, 0.5) is 4.39 Å². The summed E-state index contributed by atoms with van der Waals surface area (Å²) in [5.41, 5.74) is -6.41. The van der Waals surface area contributed by atoms with Crippen molar-refractivity contribution in [3.8, 4) is 0 Å². The number of aliphatic hydroxyl groups excluding tert-OH is 2. The van der Waals surface area contributed by atoms with Crippen LogP contribution in [0.1, 0.15) is 46.5 Å². The first-order valence-corrected chi connectivity index (χ1v) is 12.3. The maximum Gasteiger partial charge on any atom is 1.00 e. The van der Waals surface area contributed by atoms with Crippen molar-refractivity contribution in [2.45, 2.75) is 63.8 Å². The van der Waals surface area contributed by atoms with Crippen LogP contribution in [0.5, 0.6) is 0 Å².